The van der Waals surface area contributed by atoms with Gasteiger partial charge in [-0.25, -0.2) is 4.79 Å². The average molecular weight is 495 g/mol. The predicted molar refractivity (Wildman–Crippen MR) is 136 cm³/mol. The highest BCUT2D eigenvalue weighted by Gasteiger charge is 2.58. The molecular formula is C29H38N2O5. The van der Waals surface area contributed by atoms with Crippen LogP contribution in [0.2, 0.25) is 0 Å². The third-order valence-electron chi connectivity index (χ3n) is 10.00. The van der Waals surface area contributed by atoms with Crippen LogP contribution in [-0.2, 0) is 16.2 Å². The summed E-state index contributed by atoms with van der Waals surface area (Å²) in [5, 5.41) is 26.7. The van der Waals surface area contributed by atoms with Crippen LogP contribution in [0.25, 0.3) is 0 Å². The Morgan fingerprint density at radius 2 is 1.83 bits per heavy atom. The van der Waals surface area contributed by atoms with E-state index in [4.69, 9.17) is 9.94 Å². The molecule has 6 atom stereocenters. The number of nitrogens with one attached hydrogen (secondary N) is 1. The van der Waals surface area contributed by atoms with E-state index >= 15 is 0 Å². The lowest BCUT2D eigenvalue weighted by Crippen LogP contribution is -2.51. The van der Waals surface area contributed by atoms with Gasteiger partial charge < -0.3 is 20.4 Å². The first kappa shape index (κ1) is 25.0. The van der Waals surface area contributed by atoms with Crippen molar-refractivity contribution in [2.75, 3.05) is 6.61 Å². The first-order valence-electron chi connectivity index (χ1n) is 13.4. The van der Waals surface area contributed by atoms with Gasteiger partial charge in [-0.15, -0.1) is 0 Å². The summed E-state index contributed by atoms with van der Waals surface area (Å²) >= 11 is 0. The zero-order chi connectivity index (χ0) is 25.5. The fourth-order valence-electron chi connectivity index (χ4n) is 7.81. The highest BCUT2D eigenvalue weighted by molar-refractivity contribution is 5.96. The summed E-state index contributed by atoms with van der Waals surface area (Å²) in [5.41, 5.74) is 3.74. The maximum Gasteiger partial charge on any atom is 0.335 e. The quantitative estimate of drug-likeness (QED) is 0.497. The van der Waals surface area contributed by atoms with E-state index < -0.39 is 5.97 Å². The highest BCUT2D eigenvalue weighted by Crippen LogP contribution is 2.65. The third kappa shape index (κ3) is 4.47. The van der Waals surface area contributed by atoms with Gasteiger partial charge in [0.15, 0.2) is 6.61 Å². The smallest absolute Gasteiger partial charge is 0.335 e. The number of oxime groups is 1. The van der Waals surface area contributed by atoms with Crippen LogP contribution in [0.5, 0.6) is 0 Å². The number of amides is 1. The summed E-state index contributed by atoms with van der Waals surface area (Å²) < 4.78 is 0. The summed E-state index contributed by atoms with van der Waals surface area (Å²) in [6.45, 7) is 4.93. The molecule has 194 valence electrons. The second kappa shape index (κ2) is 9.66. The van der Waals surface area contributed by atoms with Crippen molar-refractivity contribution in [1.29, 1.82) is 0 Å². The molecule has 7 nitrogen and oxygen atoms in total. The van der Waals surface area contributed by atoms with Crippen LogP contribution < -0.4 is 5.32 Å². The van der Waals surface area contributed by atoms with Crippen molar-refractivity contribution >= 4 is 17.6 Å². The zero-order valence-corrected chi connectivity index (χ0v) is 21.3. The fraction of sp³-hybridized carbons (Fsp3) is 0.621. The molecule has 3 saturated carbocycles. The van der Waals surface area contributed by atoms with Crippen LogP contribution in [0.4, 0.5) is 0 Å². The molecule has 3 N–H and O–H groups in total. The Kier molecular flexibility index (Phi) is 6.70. The number of benzene rings is 1. The molecule has 0 aliphatic heterocycles. The molecular weight excluding hydrogens is 456 g/mol. The SMILES string of the molecule is CC12CCC(=NOCC(=O)NCc3ccc(C(=O)O)cc3)C=C1CCC1C2CCC2(C)C(O)CCC12. The van der Waals surface area contributed by atoms with Crippen molar-refractivity contribution in [3.63, 3.8) is 0 Å². The van der Waals surface area contributed by atoms with Crippen molar-refractivity contribution in [2.45, 2.75) is 77.9 Å². The number of carbonyl (C=O) groups excluding carboxylic acids is 1. The number of carboxylic acids is 1. The number of carboxylic acid groups (broad SMARTS) is 1. The number of nitrogens with zero attached hydrogens (tertiary/aromatic N) is 1. The van der Waals surface area contributed by atoms with Gasteiger partial charge in [-0.1, -0.05) is 36.7 Å². The Labute approximate surface area is 213 Å². The molecule has 0 radical (unpaired) electrons. The second-order valence-corrected chi connectivity index (χ2v) is 11.8. The number of fused-ring (bicyclic) bond motifs is 5. The van der Waals surface area contributed by atoms with E-state index in [0.717, 1.165) is 43.4 Å². The van der Waals surface area contributed by atoms with Crippen molar-refractivity contribution in [1.82, 2.24) is 5.32 Å². The Hall–Kier alpha value is -2.67. The van der Waals surface area contributed by atoms with Crippen LogP contribution >= 0.6 is 0 Å². The van der Waals surface area contributed by atoms with E-state index in [-0.39, 0.29) is 35.0 Å². The normalized spacial score (nSPS) is 36.3. The molecule has 36 heavy (non-hydrogen) atoms. The Balaban J connectivity index is 1.15. The average Bonchev–Trinajstić information content (AvgIpc) is 3.17. The number of rotatable bonds is 6. The third-order valence-corrected chi connectivity index (χ3v) is 10.00. The molecule has 0 spiro atoms. The lowest BCUT2D eigenvalue weighted by Gasteiger charge is -2.57. The van der Waals surface area contributed by atoms with Crippen molar-refractivity contribution < 1.29 is 24.6 Å². The van der Waals surface area contributed by atoms with Crippen LogP contribution in [0.3, 0.4) is 0 Å². The summed E-state index contributed by atoms with van der Waals surface area (Å²) in [5.74, 6) is 0.802. The lowest BCUT2D eigenvalue weighted by molar-refractivity contribution is -0.125. The maximum absolute atomic E-state index is 12.2. The number of aliphatic hydroxyl groups excluding tert-OH is 1. The van der Waals surface area contributed by atoms with Crippen LogP contribution in [0, 0.1) is 28.6 Å². The molecule has 3 fully saturated rings. The first-order chi connectivity index (χ1) is 17.2. The van der Waals surface area contributed by atoms with Gasteiger partial charge in [-0.3, -0.25) is 4.79 Å². The zero-order valence-electron chi connectivity index (χ0n) is 21.3. The van der Waals surface area contributed by atoms with Gasteiger partial charge in [0.05, 0.1) is 17.4 Å². The predicted octanol–water partition coefficient (Wildman–Crippen LogP) is 4.70. The van der Waals surface area contributed by atoms with E-state index in [1.807, 2.05) is 0 Å². The number of hydrogen-bond donors (Lipinski definition) is 3. The summed E-state index contributed by atoms with van der Waals surface area (Å²) in [7, 11) is 0. The molecule has 1 aromatic carbocycles. The number of allylic oxidation sites excluding steroid dienone is 2. The summed E-state index contributed by atoms with van der Waals surface area (Å²) in [6.07, 6.45) is 10.7. The van der Waals surface area contributed by atoms with E-state index in [1.165, 1.54) is 37.0 Å². The lowest BCUT2D eigenvalue weighted by atomic mass is 9.47. The molecule has 0 bridgehead atoms. The monoisotopic (exact) mass is 494 g/mol. The maximum atomic E-state index is 12.2. The Morgan fingerprint density at radius 3 is 2.58 bits per heavy atom. The number of hydrogen-bond acceptors (Lipinski definition) is 5. The van der Waals surface area contributed by atoms with Gasteiger partial charge in [0.25, 0.3) is 5.91 Å². The Morgan fingerprint density at radius 1 is 1.06 bits per heavy atom. The minimum Gasteiger partial charge on any atom is -0.478 e. The summed E-state index contributed by atoms with van der Waals surface area (Å²) in [4.78, 5) is 28.5. The van der Waals surface area contributed by atoms with Gasteiger partial charge in [0.2, 0.25) is 0 Å². The number of aliphatic hydroxyl groups is 1. The minimum atomic E-state index is -0.973. The van der Waals surface area contributed by atoms with Crippen molar-refractivity contribution in [2.24, 2.45) is 33.7 Å². The van der Waals surface area contributed by atoms with E-state index in [2.05, 4.69) is 30.4 Å². The molecule has 4 aliphatic rings. The highest BCUT2D eigenvalue weighted by atomic mass is 16.6. The standard InChI is InChI=1S/C29H38N2O5/c1-28-13-11-21(31-36-17-26(33)30-16-18-3-5-19(6-4-18)27(34)35)15-20(28)7-8-22-23-9-10-25(32)29(23,2)14-12-24(22)28/h3-6,15,22-25,32H,7-14,16-17H2,1-2H3,(H,30,33)(H,34,35). The molecule has 5 rings (SSSR count). The fourth-order valence-corrected chi connectivity index (χ4v) is 7.81. The van der Waals surface area contributed by atoms with Crippen LogP contribution in [-0.4, -0.2) is 40.5 Å². The minimum absolute atomic E-state index is 0.108. The van der Waals surface area contributed by atoms with E-state index in [0.29, 0.717) is 24.3 Å². The first-order valence-corrected chi connectivity index (χ1v) is 13.4. The molecule has 0 saturated heterocycles. The van der Waals surface area contributed by atoms with E-state index in [1.54, 1.807) is 12.1 Å². The topological polar surface area (TPSA) is 108 Å². The van der Waals surface area contributed by atoms with Gasteiger partial charge in [-0.05, 0) is 104 Å². The second-order valence-electron chi connectivity index (χ2n) is 11.8. The largest absolute Gasteiger partial charge is 0.478 e. The molecule has 0 aromatic heterocycles. The molecule has 7 heteroatoms. The summed E-state index contributed by atoms with van der Waals surface area (Å²) in [6, 6.07) is 6.42. The van der Waals surface area contributed by atoms with Crippen LogP contribution in [0.15, 0.2) is 41.1 Å². The Bertz CT molecular complexity index is 1080. The molecule has 6 unspecified atom stereocenters. The van der Waals surface area contributed by atoms with E-state index in [9.17, 15) is 14.7 Å². The van der Waals surface area contributed by atoms with Gasteiger partial charge in [-0.2, -0.15) is 0 Å². The molecule has 1 amide bonds. The molecule has 1 aromatic rings. The molecule has 0 heterocycles. The van der Waals surface area contributed by atoms with Gasteiger partial charge >= 0.3 is 5.97 Å². The van der Waals surface area contributed by atoms with Crippen LogP contribution in [0.1, 0.15) is 81.1 Å². The number of carbonyl (C=O) groups is 2. The van der Waals surface area contributed by atoms with Gasteiger partial charge in [0.1, 0.15) is 0 Å². The number of aromatic carboxylic acids is 1. The van der Waals surface area contributed by atoms with Crippen molar-refractivity contribution in [3.8, 4) is 0 Å². The van der Waals surface area contributed by atoms with Crippen molar-refractivity contribution in [3.05, 3.63) is 47.0 Å². The molecule has 4 aliphatic carbocycles. The van der Waals surface area contributed by atoms with Gasteiger partial charge in [0, 0.05) is 6.54 Å².